The summed E-state index contributed by atoms with van der Waals surface area (Å²) in [6.07, 6.45) is 3.40. The lowest BCUT2D eigenvalue weighted by Gasteiger charge is -2.30. The van der Waals surface area contributed by atoms with Crippen LogP contribution in [0.2, 0.25) is 0 Å². The molecule has 0 bridgehead atoms. The number of methoxy groups -OCH3 is 1. The predicted molar refractivity (Wildman–Crippen MR) is 109 cm³/mol. The van der Waals surface area contributed by atoms with E-state index >= 15 is 0 Å². The topological polar surface area (TPSA) is 96.0 Å². The number of nitrogens with zero attached hydrogens (tertiary/aromatic N) is 2. The molecule has 2 saturated heterocycles. The van der Waals surface area contributed by atoms with Gasteiger partial charge in [0.15, 0.2) is 0 Å². The van der Waals surface area contributed by atoms with E-state index in [4.69, 9.17) is 4.74 Å². The van der Waals surface area contributed by atoms with Gasteiger partial charge < -0.3 is 9.64 Å². The van der Waals surface area contributed by atoms with Crippen molar-refractivity contribution in [2.24, 2.45) is 5.92 Å². The minimum Gasteiger partial charge on any atom is -0.495 e. The first-order valence-electron chi connectivity index (χ1n) is 10.1. The van der Waals surface area contributed by atoms with Gasteiger partial charge in [-0.05, 0) is 56.5 Å². The summed E-state index contributed by atoms with van der Waals surface area (Å²) in [5.74, 6) is 0.263. The highest BCUT2D eigenvalue weighted by molar-refractivity contribution is 7.89. The molecule has 0 aromatic heterocycles. The van der Waals surface area contributed by atoms with Gasteiger partial charge in [0.25, 0.3) is 0 Å². The summed E-state index contributed by atoms with van der Waals surface area (Å²) in [5, 5.41) is 0. The predicted octanol–water partition coefficient (Wildman–Crippen LogP) is 1.75. The molecule has 1 aromatic rings. The number of carbonyl (C=O) groups is 2. The molecule has 3 rings (SSSR count). The number of anilines is 1. The first kappa shape index (κ1) is 21.7. The molecule has 2 aliphatic rings. The Kier molecular flexibility index (Phi) is 6.92. The average Bonchev–Trinajstić information content (AvgIpc) is 3.03. The molecule has 2 amide bonds. The van der Waals surface area contributed by atoms with E-state index in [9.17, 15) is 18.0 Å². The summed E-state index contributed by atoms with van der Waals surface area (Å²) in [6, 6.07) is 4.22. The Morgan fingerprint density at radius 1 is 1.21 bits per heavy atom. The zero-order chi connectivity index (χ0) is 21.0. The molecule has 2 aliphatic heterocycles. The number of ether oxygens (including phenoxy) is 1. The van der Waals surface area contributed by atoms with Crippen molar-refractivity contribution < 1.29 is 22.7 Å². The molecule has 0 unspecified atom stereocenters. The fourth-order valence-corrected chi connectivity index (χ4v) is 5.03. The Bertz CT molecular complexity index is 855. The van der Waals surface area contributed by atoms with Gasteiger partial charge in [-0.2, -0.15) is 0 Å². The van der Waals surface area contributed by atoms with Gasteiger partial charge in [0.05, 0.1) is 17.7 Å². The summed E-state index contributed by atoms with van der Waals surface area (Å²) in [4.78, 5) is 27.5. The summed E-state index contributed by atoms with van der Waals surface area (Å²) in [6.45, 7) is 5.56. The molecule has 29 heavy (non-hydrogen) atoms. The van der Waals surface area contributed by atoms with E-state index in [0.29, 0.717) is 12.5 Å². The van der Waals surface area contributed by atoms with Crippen LogP contribution in [0.1, 0.15) is 39.0 Å². The van der Waals surface area contributed by atoms with Crippen LogP contribution in [0, 0.1) is 5.92 Å². The van der Waals surface area contributed by atoms with Gasteiger partial charge >= 0.3 is 0 Å². The van der Waals surface area contributed by atoms with Gasteiger partial charge in [-0.3, -0.25) is 9.59 Å². The van der Waals surface area contributed by atoms with Crippen LogP contribution in [0.5, 0.6) is 5.75 Å². The fraction of sp³-hybridized carbons (Fsp3) is 0.600. The second kappa shape index (κ2) is 9.23. The van der Waals surface area contributed by atoms with Gasteiger partial charge in [0.1, 0.15) is 5.75 Å². The number of amides is 2. The number of piperidine rings is 1. The van der Waals surface area contributed by atoms with Crippen molar-refractivity contribution in [3.05, 3.63) is 18.2 Å². The number of benzene rings is 1. The SMILES string of the molecule is COc1ccc(S(=O)(=O)NCCCN2CCC[C@@H](C)C2)cc1N1C(=O)CCC1=O. The van der Waals surface area contributed by atoms with Crippen LogP contribution in [0.25, 0.3) is 0 Å². The summed E-state index contributed by atoms with van der Waals surface area (Å²) >= 11 is 0. The van der Waals surface area contributed by atoms with Crippen molar-refractivity contribution in [1.29, 1.82) is 0 Å². The number of hydrogen-bond donors (Lipinski definition) is 1. The lowest BCUT2D eigenvalue weighted by Crippen LogP contribution is -2.36. The van der Waals surface area contributed by atoms with Gasteiger partial charge in [-0.15, -0.1) is 0 Å². The normalized spacial score (nSPS) is 21.0. The smallest absolute Gasteiger partial charge is 0.240 e. The molecule has 9 heteroatoms. The van der Waals surface area contributed by atoms with E-state index in [1.165, 1.54) is 38.2 Å². The van der Waals surface area contributed by atoms with Crippen molar-refractivity contribution >= 4 is 27.5 Å². The molecule has 2 heterocycles. The Hall–Kier alpha value is -1.97. The average molecular weight is 424 g/mol. The highest BCUT2D eigenvalue weighted by atomic mass is 32.2. The first-order valence-corrected chi connectivity index (χ1v) is 11.6. The van der Waals surface area contributed by atoms with Crippen LogP contribution >= 0.6 is 0 Å². The molecule has 1 N–H and O–H groups in total. The highest BCUT2D eigenvalue weighted by Gasteiger charge is 2.33. The monoisotopic (exact) mass is 423 g/mol. The molecular weight excluding hydrogens is 394 g/mol. The zero-order valence-electron chi connectivity index (χ0n) is 17.0. The molecule has 1 atom stereocenters. The van der Waals surface area contributed by atoms with E-state index in [0.717, 1.165) is 31.0 Å². The molecule has 8 nitrogen and oxygen atoms in total. The van der Waals surface area contributed by atoms with Crippen LogP contribution in [-0.2, 0) is 19.6 Å². The summed E-state index contributed by atoms with van der Waals surface area (Å²) in [5.41, 5.74) is 0.171. The second-order valence-corrected chi connectivity index (χ2v) is 9.52. The summed E-state index contributed by atoms with van der Waals surface area (Å²) in [7, 11) is -2.34. The highest BCUT2D eigenvalue weighted by Crippen LogP contribution is 2.34. The lowest BCUT2D eigenvalue weighted by atomic mass is 10.0. The van der Waals surface area contributed by atoms with Crippen molar-refractivity contribution in [2.75, 3.05) is 38.2 Å². The lowest BCUT2D eigenvalue weighted by molar-refractivity contribution is -0.121. The van der Waals surface area contributed by atoms with Crippen molar-refractivity contribution in [1.82, 2.24) is 9.62 Å². The molecule has 160 valence electrons. The van der Waals surface area contributed by atoms with E-state index in [1.807, 2.05) is 0 Å². The minimum absolute atomic E-state index is 0.00685. The van der Waals surface area contributed by atoms with E-state index < -0.39 is 10.0 Å². The van der Waals surface area contributed by atoms with E-state index in [-0.39, 0.29) is 41.0 Å². The largest absolute Gasteiger partial charge is 0.495 e. The molecule has 0 aliphatic carbocycles. The molecular formula is C20H29N3O5S. The molecule has 0 spiro atoms. The third-order valence-corrected chi connectivity index (χ3v) is 6.90. The third kappa shape index (κ3) is 5.15. The molecule has 0 saturated carbocycles. The van der Waals surface area contributed by atoms with Gasteiger partial charge in [-0.1, -0.05) is 6.92 Å². The van der Waals surface area contributed by atoms with E-state index in [1.54, 1.807) is 0 Å². The molecule has 2 fully saturated rings. The Labute approximate surface area is 172 Å². The van der Waals surface area contributed by atoms with Crippen molar-refractivity contribution in [2.45, 2.75) is 43.9 Å². The Balaban J connectivity index is 1.66. The Morgan fingerprint density at radius 3 is 2.59 bits per heavy atom. The van der Waals surface area contributed by atoms with Crippen LogP contribution < -0.4 is 14.4 Å². The number of carbonyl (C=O) groups excluding carboxylic acids is 2. The number of hydrogen-bond acceptors (Lipinski definition) is 6. The fourth-order valence-electron chi connectivity index (χ4n) is 3.94. The van der Waals surface area contributed by atoms with Gasteiger partial charge in [-0.25, -0.2) is 18.0 Å². The molecule has 0 radical (unpaired) electrons. The minimum atomic E-state index is -3.76. The third-order valence-electron chi connectivity index (χ3n) is 5.44. The number of rotatable bonds is 8. The van der Waals surface area contributed by atoms with Gasteiger partial charge in [0, 0.05) is 25.9 Å². The Morgan fingerprint density at radius 2 is 1.93 bits per heavy atom. The van der Waals surface area contributed by atoms with E-state index in [2.05, 4.69) is 16.5 Å². The quantitative estimate of drug-likeness (QED) is 0.506. The number of sulfonamides is 1. The maximum absolute atomic E-state index is 12.7. The zero-order valence-corrected chi connectivity index (χ0v) is 17.8. The van der Waals surface area contributed by atoms with Crippen LogP contribution in [0.15, 0.2) is 23.1 Å². The summed E-state index contributed by atoms with van der Waals surface area (Å²) < 4.78 is 33.3. The van der Waals surface area contributed by atoms with Crippen LogP contribution in [0.3, 0.4) is 0 Å². The first-order chi connectivity index (χ1) is 13.8. The number of likely N-dealkylation sites (tertiary alicyclic amines) is 1. The van der Waals surface area contributed by atoms with Crippen molar-refractivity contribution in [3.63, 3.8) is 0 Å². The number of imide groups is 1. The maximum atomic E-state index is 12.7. The standard InChI is InChI=1S/C20H29N3O5S/c1-15-5-3-11-22(14-15)12-4-10-21-29(26,27)16-6-7-18(28-2)17(13-16)23-19(24)8-9-20(23)25/h6-7,13,15,21H,3-5,8-12,14H2,1-2H3/t15-/m1/s1. The molecule has 1 aromatic carbocycles. The van der Waals surface area contributed by atoms with Gasteiger partial charge in [0.2, 0.25) is 21.8 Å². The maximum Gasteiger partial charge on any atom is 0.240 e. The second-order valence-electron chi connectivity index (χ2n) is 7.76. The van der Waals surface area contributed by atoms with Crippen molar-refractivity contribution in [3.8, 4) is 5.75 Å². The van der Waals surface area contributed by atoms with Crippen LogP contribution in [-0.4, -0.2) is 58.4 Å². The van der Waals surface area contributed by atoms with Crippen LogP contribution in [0.4, 0.5) is 5.69 Å². The number of nitrogens with one attached hydrogen (secondary N) is 1.